The largest absolute Gasteiger partial charge is 0.411 e. The van der Waals surface area contributed by atoms with Gasteiger partial charge in [-0.3, -0.25) is 4.90 Å². The maximum atomic E-state index is 11.9. The normalized spacial score (nSPS) is 12.0. The Morgan fingerprint density at radius 2 is 2.00 bits per heavy atom. The summed E-state index contributed by atoms with van der Waals surface area (Å²) in [5.74, 6) is 0. The Morgan fingerprint density at radius 3 is 2.62 bits per heavy atom. The number of anilines is 1. The van der Waals surface area contributed by atoms with Crippen LogP contribution in [0.5, 0.6) is 0 Å². The van der Waals surface area contributed by atoms with Crippen LogP contribution in [-0.4, -0.2) is 37.4 Å². The Bertz CT molecular complexity index is 410. The third kappa shape index (κ3) is 8.57. The van der Waals surface area contributed by atoms with Crippen molar-refractivity contribution in [3.63, 3.8) is 0 Å². The van der Waals surface area contributed by atoms with Crippen LogP contribution in [0.25, 0.3) is 0 Å². The number of halogens is 3. The van der Waals surface area contributed by atoms with Crippen molar-refractivity contribution in [1.29, 1.82) is 0 Å². The van der Waals surface area contributed by atoms with Crippen molar-refractivity contribution in [2.75, 3.05) is 32.0 Å². The van der Waals surface area contributed by atoms with Crippen molar-refractivity contribution < 1.29 is 17.9 Å². The Labute approximate surface area is 123 Å². The topological polar surface area (TPSA) is 38.5 Å². The molecule has 2 N–H and O–H groups in total. The molecule has 0 spiro atoms. The maximum absolute atomic E-state index is 11.9. The quantitative estimate of drug-likeness (QED) is 0.561. The highest BCUT2D eigenvalue weighted by atomic mass is 19.4. The molecule has 21 heavy (non-hydrogen) atoms. The Balaban J connectivity index is 2.33. The molecule has 1 aromatic rings. The first kappa shape index (κ1) is 17.8. The van der Waals surface area contributed by atoms with Crippen molar-refractivity contribution in [2.24, 2.45) is 0 Å². The van der Waals surface area contributed by atoms with E-state index in [9.17, 15) is 13.2 Å². The summed E-state index contributed by atoms with van der Waals surface area (Å²) in [6.07, 6.45) is -2.67. The Morgan fingerprint density at radius 1 is 1.24 bits per heavy atom. The van der Waals surface area contributed by atoms with Gasteiger partial charge >= 0.3 is 6.18 Å². The van der Waals surface area contributed by atoms with E-state index >= 15 is 0 Å². The lowest BCUT2D eigenvalue weighted by Gasteiger charge is -2.22. The van der Waals surface area contributed by atoms with Crippen molar-refractivity contribution in [3.05, 3.63) is 29.8 Å². The van der Waals surface area contributed by atoms with Gasteiger partial charge in [-0.1, -0.05) is 19.1 Å². The second-order valence-corrected chi connectivity index (χ2v) is 5.04. The summed E-state index contributed by atoms with van der Waals surface area (Å²) in [6, 6.07) is 7.65. The molecule has 0 amide bonds. The highest BCUT2D eigenvalue weighted by Gasteiger charge is 2.27. The fourth-order valence-corrected chi connectivity index (χ4v) is 2.11. The molecule has 3 nitrogen and oxygen atoms in total. The zero-order valence-electron chi connectivity index (χ0n) is 12.3. The minimum absolute atomic E-state index is 0.122. The number of alkyl halides is 3. The second kappa shape index (κ2) is 8.89. The number of nitrogen functional groups attached to an aromatic ring is 1. The van der Waals surface area contributed by atoms with Crippen LogP contribution < -0.4 is 5.73 Å². The zero-order valence-corrected chi connectivity index (χ0v) is 12.3. The molecular formula is C15H23F3N2O. The Hall–Kier alpha value is -1.27. The zero-order chi connectivity index (χ0) is 15.7. The van der Waals surface area contributed by atoms with Gasteiger partial charge in [0.2, 0.25) is 0 Å². The molecule has 0 aliphatic heterocycles. The lowest BCUT2D eigenvalue weighted by molar-refractivity contribution is -0.174. The lowest BCUT2D eigenvalue weighted by atomic mass is 10.2. The molecule has 0 heterocycles. The van der Waals surface area contributed by atoms with Crippen molar-refractivity contribution in [2.45, 2.75) is 32.5 Å². The highest BCUT2D eigenvalue weighted by molar-refractivity contribution is 5.40. The van der Waals surface area contributed by atoms with E-state index in [1.54, 1.807) is 0 Å². The smallest absolute Gasteiger partial charge is 0.399 e. The fraction of sp³-hybridized carbons (Fsp3) is 0.600. The molecule has 0 atom stereocenters. The predicted octanol–water partition coefficient (Wildman–Crippen LogP) is 3.45. The van der Waals surface area contributed by atoms with E-state index in [1.165, 1.54) is 0 Å². The van der Waals surface area contributed by atoms with Crippen LogP contribution in [0.3, 0.4) is 0 Å². The SMILES string of the molecule is CCCN(CCCOCC(F)(F)F)Cc1cccc(N)c1. The minimum atomic E-state index is -4.25. The van der Waals surface area contributed by atoms with E-state index in [2.05, 4.69) is 16.6 Å². The number of hydrogen-bond donors (Lipinski definition) is 1. The molecule has 0 aromatic heterocycles. The number of rotatable bonds is 9. The van der Waals surface area contributed by atoms with Gasteiger partial charge in [0, 0.05) is 25.4 Å². The van der Waals surface area contributed by atoms with Crippen molar-refractivity contribution in [3.8, 4) is 0 Å². The van der Waals surface area contributed by atoms with Crippen LogP contribution in [0.2, 0.25) is 0 Å². The first-order chi connectivity index (χ1) is 9.90. The molecule has 1 rings (SSSR count). The summed E-state index contributed by atoms with van der Waals surface area (Å²) in [5, 5.41) is 0. The third-order valence-electron chi connectivity index (χ3n) is 2.93. The molecule has 6 heteroatoms. The van der Waals surface area contributed by atoms with E-state index < -0.39 is 12.8 Å². The maximum Gasteiger partial charge on any atom is 0.411 e. The summed E-state index contributed by atoms with van der Waals surface area (Å²) in [6.45, 7) is 3.38. The van der Waals surface area contributed by atoms with E-state index in [-0.39, 0.29) is 6.61 Å². The van der Waals surface area contributed by atoms with Gasteiger partial charge in [-0.15, -0.1) is 0 Å². The van der Waals surface area contributed by atoms with E-state index in [4.69, 9.17) is 5.73 Å². The van der Waals surface area contributed by atoms with E-state index in [0.29, 0.717) is 13.0 Å². The molecule has 0 bridgehead atoms. The third-order valence-corrected chi connectivity index (χ3v) is 2.93. The van der Waals surface area contributed by atoms with Crippen LogP contribution >= 0.6 is 0 Å². The number of nitrogens with two attached hydrogens (primary N) is 1. The summed E-state index contributed by atoms with van der Waals surface area (Å²) in [4.78, 5) is 2.20. The summed E-state index contributed by atoms with van der Waals surface area (Å²) >= 11 is 0. The van der Waals surface area contributed by atoms with Crippen molar-refractivity contribution in [1.82, 2.24) is 4.90 Å². The van der Waals surface area contributed by atoms with Crippen LogP contribution in [-0.2, 0) is 11.3 Å². The highest BCUT2D eigenvalue weighted by Crippen LogP contribution is 2.14. The standard InChI is InChI=1S/C15H23F3N2O/c1-2-7-20(8-4-9-21-12-15(16,17)18)11-13-5-3-6-14(19)10-13/h3,5-6,10H,2,4,7-9,11-12,19H2,1H3. The van der Waals surface area contributed by atoms with Gasteiger partial charge in [0.1, 0.15) is 6.61 Å². The van der Waals surface area contributed by atoms with Crippen LogP contribution in [0.1, 0.15) is 25.3 Å². The van der Waals surface area contributed by atoms with Gasteiger partial charge in [-0.05, 0) is 37.1 Å². The van der Waals surface area contributed by atoms with E-state index in [0.717, 1.165) is 30.8 Å². The number of nitrogens with zero attached hydrogens (tertiary/aromatic N) is 1. The molecule has 1 aromatic carbocycles. The molecule has 0 saturated heterocycles. The average Bonchev–Trinajstić information content (AvgIpc) is 2.37. The molecule has 0 radical (unpaired) electrons. The monoisotopic (exact) mass is 304 g/mol. The van der Waals surface area contributed by atoms with Crippen LogP contribution in [0.4, 0.5) is 18.9 Å². The minimum Gasteiger partial charge on any atom is -0.399 e. The lowest BCUT2D eigenvalue weighted by Crippen LogP contribution is -2.26. The van der Waals surface area contributed by atoms with Crippen LogP contribution in [0.15, 0.2) is 24.3 Å². The number of benzene rings is 1. The van der Waals surface area contributed by atoms with Gasteiger partial charge in [-0.2, -0.15) is 13.2 Å². The predicted molar refractivity (Wildman–Crippen MR) is 77.9 cm³/mol. The summed E-state index contributed by atoms with van der Waals surface area (Å²) < 4.78 is 40.4. The van der Waals surface area contributed by atoms with Crippen molar-refractivity contribution >= 4 is 5.69 Å². The Kier molecular flexibility index (Phi) is 7.53. The average molecular weight is 304 g/mol. The molecule has 0 saturated carbocycles. The van der Waals surface area contributed by atoms with E-state index in [1.807, 2.05) is 24.3 Å². The molecule has 0 unspecified atom stereocenters. The second-order valence-electron chi connectivity index (χ2n) is 5.04. The molecule has 0 aliphatic carbocycles. The van der Waals surface area contributed by atoms with Gasteiger partial charge < -0.3 is 10.5 Å². The van der Waals surface area contributed by atoms with Gasteiger partial charge in [0.05, 0.1) is 0 Å². The number of ether oxygens (including phenoxy) is 1. The first-order valence-corrected chi connectivity index (χ1v) is 7.12. The summed E-state index contributed by atoms with van der Waals surface area (Å²) in [5.41, 5.74) is 7.57. The first-order valence-electron chi connectivity index (χ1n) is 7.12. The fourth-order valence-electron chi connectivity index (χ4n) is 2.11. The van der Waals surface area contributed by atoms with Gasteiger partial charge in [-0.25, -0.2) is 0 Å². The number of hydrogen-bond acceptors (Lipinski definition) is 3. The molecule has 120 valence electrons. The molecule has 0 fully saturated rings. The molecular weight excluding hydrogens is 281 g/mol. The van der Waals surface area contributed by atoms with Gasteiger partial charge in [0.15, 0.2) is 0 Å². The van der Waals surface area contributed by atoms with Crippen LogP contribution in [0, 0.1) is 0 Å². The molecule has 0 aliphatic rings. The summed E-state index contributed by atoms with van der Waals surface area (Å²) in [7, 11) is 0. The van der Waals surface area contributed by atoms with Gasteiger partial charge in [0.25, 0.3) is 0 Å².